The van der Waals surface area contributed by atoms with Gasteiger partial charge >= 0.3 is 12.1 Å². The molecule has 9 nitrogen and oxygen atoms in total. The maximum absolute atomic E-state index is 12.9. The molecule has 1 atom stereocenters. The van der Waals surface area contributed by atoms with E-state index in [2.05, 4.69) is 26.4 Å². The number of carbonyl (C=O) groups is 3. The number of ether oxygens (including phenoxy) is 2. The number of benzene rings is 1. The summed E-state index contributed by atoms with van der Waals surface area (Å²) in [5.41, 5.74) is 0.291. The van der Waals surface area contributed by atoms with Crippen LogP contribution in [0.15, 0.2) is 29.6 Å². The molecule has 158 valence electrons. The third-order valence-corrected chi connectivity index (χ3v) is 4.46. The van der Waals surface area contributed by atoms with Crippen LogP contribution in [0.4, 0.5) is 9.93 Å². The van der Waals surface area contributed by atoms with E-state index in [1.54, 1.807) is 45.0 Å². The number of hydrogen-bond donors (Lipinski definition) is 2. The first-order valence-electron chi connectivity index (χ1n) is 8.95. The highest BCUT2D eigenvalue weighted by Gasteiger charge is 2.26. The van der Waals surface area contributed by atoms with Crippen molar-refractivity contribution in [2.45, 2.75) is 38.8 Å². The molecule has 1 aromatic carbocycles. The van der Waals surface area contributed by atoms with Gasteiger partial charge in [0.2, 0.25) is 5.91 Å². The smallest absolute Gasteiger partial charge is 0.408 e. The minimum Gasteiger partial charge on any atom is -0.464 e. The zero-order valence-corrected chi connectivity index (χ0v) is 17.8. The lowest BCUT2D eigenvalue weighted by molar-refractivity contribution is -0.118. The second kappa shape index (κ2) is 9.84. The fraction of sp³-hybridized carbons (Fsp3) is 0.350. The summed E-state index contributed by atoms with van der Waals surface area (Å²) in [6, 6.07) is 7.80. The number of nitriles is 1. The van der Waals surface area contributed by atoms with Crippen LogP contribution in [0.25, 0.3) is 0 Å². The molecular weight excluding hydrogens is 408 g/mol. The second-order valence-corrected chi connectivity index (χ2v) is 8.05. The van der Waals surface area contributed by atoms with Crippen LogP contribution in [0.5, 0.6) is 0 Å². The van der Waals surface area contributed by atoms with Crippen LogP contribution in [0.1, 0.15) is 42.4 Å². The zero-order chi connectivity index (χ0) is 22.3. The minimum atomic E-state index is -1.04. The number of esters is 1. The average Bonchev–Trinajstić information content (AvgIpc) is 3.14. The molecule has 1 unspecified atom stereocenters. The Hall–Kier alpha value is -3.45. The molecule has 1 heterocycles. The number of nitrogens with one attached hydrogen (secondary N) is 2. The lowest BCUT2D eigenvalue weighted by atomic mass is 10.0. The molecule has 0 fully saturated rings. The molecule has 30 heavy (non-hydrogen) atoms. The molecule has 0 bridgehead atoms. The molecule has 2 aromatic rings. The molecule has 0 saturated heterocycles. The molecule has 0 aliphatic heterocycles. The van der Waals surface area contributed by atoms with Crippen molar-refractivity contribution in [2.75, 3.05) is 12.4 Å². The number of carbonyl (C=O) groups excluding carboxylic acids is 3. The van der Waals surface area contributed by atoms with E-state index in [1.807, 2.05) is 0 Å². The topological polar surface area (TPSA) is 130 Å². The van der Waals surface area contributed by atoms with Crippen molar-refractivity contribution < 1.29 is 23.9 Å². The third-order valence-electron chi connectivity index (χ3n) is 3.70. The summed E-state index contributed by atoms with van der Waals surface area (Å²) in [4.78, 5) is 40.6. The Morgan fingerprint density at radius 1 is 1.27 bits per heavy atom. The summed E-state index contributed by atoms with van der Waals surface area (Å²) in [6.07, 6.45) is -0.712. The van der Waals surface area contributed by atoms with Gasteiger partial charge in [0.1, 0.15) is 11.6 Å². The van der Waals surface area contributed by atoms with Crippen LogP contribution in [0.3, 0.4) is 0 Å². The number of aromatic nitrogens is 1. The van der Waals surface area contributed by atoms with Gasteiger partial charge in [0.15, 0.2) is 10.8 Å². The van der Waals surface area contributed by atoms with E-state index >= 15 is 0 Å². The monoisotopic (exact) mass is 430 g/mol. The Labute approximate surface area is 178 Å². The van der Waals surface area contributed by atoms with E-state index in [-0.39, 0.29) is 17.2 Å². The van der Waals surface area contributed by atoms with E-state index in [0.29, 0.717) is 11.1 Å². The number of rotatable bonds is 6. The Morgan fingerprint density at radius 3 is 2.60 bits per heavy atom. The zero-order valence-electron chi connectivity index (χ0n) is 17.0. The largest absolute Gasteiger partial charge is 0.464 e. The number of amides is 2. The number of nitrogens with zero attached hydrogens (tertiary/aromatic N) is 2. The van der Waals surface area contributed by atoms with Gasteiger partial charge in [-0.1, -0.05) is 18.2 Å². The molecule has 0 aliphatic carbocycles. The van der Waals surface area contributed by atoms with Gasteiger partial charge in [-0.15, -0.1) is 11.3 Å². The lowest BCUT2D eigenvalue weighted by Gasteiger charge is -2.23. The number of hydrogen-bond acceptors (Lipinski definition) is 8. The molecule has 0 aliphatic rings. The Morgan fingerprint density at radius 2 is 1.97 bits per heavy atom. The van der Waals surface area contributed by atoms with Gasteiger partial charge in [-0.2, -0.15) is 5.26 Å². The Balaban J connectivity index is 2.22. The number of anilines is 1. The van der Waals surface area contributed by atoms with Gasteiger partial charge in [-0.3, -0.25) is 4.79 Å². The van der Waals surface area contributed by atoms with Crippen molar-refractivity contribution >= 4 is 34.4 Å². The molecule has 0 spiro atoms. The summed E-state index contributed by atoms with van der Waals surface area (Å²) in [7, 11) is 1.23. The van der Waals surface area contributed by atoms with Crippen LogP contribution in [0.2, 0.25) is 0 Å². The fourth-order valence-electron chi connectivity index (χ4n) is 2.41. The predicted molar refractivity (Wildman–Crippen MR) is 110 cm³/mol. The highest BCUT2D eigenvalue weighted by Crippen LogP contribution is 2.18. The molecule has 0 saturated carbocycles. The summed E-state index contributed by atoms with van der Waals surface area (Å²) < 4.78 is 9.84. The highest BCUT2D eigenvalue weighted by atomic mass is 32.1. The van der Waals surface area contributed by atoms with E-state index in [4.69, 9.17) is 4.74 Å². The highest BCUT2D eigenvalue weighted by molar-refractivity contribution is 7.14. The summed E-state index contributed by atoms with van der Waals surface area (Å²) in [6.45, 7) is 5.11. The molecule has 1 aromatic heterocycles. The number of methoxy groups -OCH3 is 1. The first-order chi connectivity index (χ1) is 14.1. The molecule has 2 amide bonds. The minimum absolute atomic E-state index is 0.0595. The molecule has 0 radical (unpaired) electrons. The van der Waals surface area contributed by atoms with Gasteiger partial charge in [-0.05, 0) is 32.4 Å². The maximum atomic E-state index is 12.9. The molecular formula is C20H22N4O5S. The van der Waals surface area contributed by atoms with Crippen molar-refractivity contribution in [3.05, 3.63) is 46.5 Å². The van der Waals surface area contributed by atoms with E-state index in [0.717, 1.165) is 11.3 Å². The summed E-state index contributed by atoms with van der Waals surface area (Å²) in [5, 5.41) is 16.0. The average molecular weight is 430 g/mol. The van der Waals surface area contributed by atoms with Gasteiger partial charge in [-0.25, -0.2) is 14.6 Å². The lowest BCUT2D eigenvalue weighted by Crippen LogP contribution is -2.47. The normalized spacial score (nSPS) is 11.7. The SMILES string of the molecule is COC(=O)c1csc(NC(=O)C(Cc2ccccc2C#N)NC(=O)OC(C)(C)C)n1. The molecule has 10 heteroatoms. The van der Waals surface area contributed by atoms with E-state index in [9.17, 15) is 19.6 Å². The fourth-order valence-corrected chi connectivity index (χ4v) is 3.09. The summed E-state index contributed by atoms with van der Waals surface area (Å²) >= 11 is 1.04. The quantitative estimate of drug-likeness (QED) is 0.674. The third kappa shape index (κ3) is 6.56. The summed E-state index contributed by atoms with van der Waals surface area (Å²) in [5.74, 6) is -1.20. The predicted octanol–water partition coefficient (Wildman–Crippen LogP) is 2.88. The van der Waals surface area contributed by atoms with Crippen molar-refractivity contribution in [1.29, 1.82) is 5.26 Å². The number of alkyl carbamates (subject to hydrolysis) is 1. The van der Waals surface area contributed by atoms with Crippen LogP contribution in [-0.4, -0.2) is 41.7 Å². The van der Waals surface area contributed by atoms with E-state index in [1.165, 1.54) is 12.5 Å². The molecule has 2 rings (SSSR count). The van der Waals surface area contributed by atoms with Gasteiger partial charge in [0.25, 0.3) is 0 Å². The van der Waals surface area contributed by atoms with Crippen molar-refractivity contribution in [3.8, 4) is 6.07 Å². The van der Waals surface area contributed by atoms with Crippen molar-refractivity contribution in [2.24, 2.45) is 0 Å². The first kappa shape index (κ1) is 22.8. The van der Waals surface area contributed by atoms with Crippen LogP contribution >= 0.6 is 11.3 Å². The Bertz CT molecular complexity index is 974. The standard InChI is InChI=1S/C20H22N4O5S/c1-20(2,3)29-19(27)23-14(9-12-7-5-6-8-13(12)10-21)16(25)24-18-22-15(11-30-18)17(26)28-4/h5-8,11,14H,9H2,1-4H3,(H,23,27)(H,22,24,25). The number of thiazole rings is 1. The van der Waals surface area contributed by atoms with E-state index < -0.39 is 29.6 Å². The van der Waals surface area contributed by atoms with Crippen LogP contribution < -0.4 is 10.6 Å². The van der Waals surface area contributed by atoms with Gasteiger partial charge in [0, 0.05) is 11.8 Å². The van der Waals surface area contributed by atoms with Gasteiger partial charge in [0.05, 0.1) is 18.7 Å². The molecule has 2 N–H and O–H groups in total. The Kier molecular flexibility index (Phi) is 7.49. The van der Waals surface area contributed by atoms with Crippen LogP contribution in [0, 0.1) is 11.3 Å². The van der Waals surface area contributed by atoms with Crippen LogP contribution in [-0.2, 0) is 20.7 Å². The van der Waals surface area contributed by atoms with Crippen molar-refractivity contribution in [3.63, 3.8) is 0 Å². The second-order valence-electron chi connectivity index (χ2n) is 7.19. The first-order valence-corrected chi connectivity index (χ1v) is 9.83. The van der Waals surface area contributed by atoms with Gasteiger partial charge < -0.3 is 20.1 Å². The van der Waals surface area contributed by atoms with Crippen molar-refractivity contribution in [1.82, 2.24) is 10.3 Å². The maximum Gasteiger partial charge on any atom is 0.408 e.